The van der Waals surface area contributed by atoms with E-state index >= 15 is 0 Å². The van der Waals surface area contributed by atoms with E-state index in [4.69, 9.17) is 13.8 Å². The van der Waals surface area contributed by atoms with Crippen molar-refractivity contribution in [1.82, 2.24) is 4.98 Å². The number of furan rings is 1. The van der Waals surface area contributed by atoms with Gasteiger partial charge in [0.1, 0.15) is 16.7 Å². The van der Waals surface area contributed by atoms with Gasteiger partial charge in [0.05, 0.1) is 0 Å². The van der Waals surface area contributed by atoms with E-state index < -0.39 is 0 Å². The molecule has 0 amide bonds. The molecule has 0 saturated carbocycles. The van der Waals surface area contributed by atoms with Crippen molar-refractivity contribution in [2.45, 2.75) is 19.3 Å². The molecule has 0 atom stereocenters. The molecular weight excluding hydrogens is 645 g/mol. The van der Waals surface area contributed by atoms with Crippen LogP contribution in [0.3, 0.4) is 0 Å². The Labute approximate surface area is 297 Å². The van der Waals surface area contributed by atoms with Gasteiger partial charge in [0, 0.05) is 65.1 Å². The third kappa shape index (κ3) is 4.22. The summed E-state index contributed by atoms with van der Waals surface area (Å²) in [5.74, 6) is 0.604. The van der Waals surface area contributed by atoms with E-state index in [9.17, 15) is 0 Å². The number of thiophene rings is 1. The van der Waals surface area contributed by atoms with Crippen molar-refractivity contribution in [3.05, 3.63) is 157 Å². The molecule has 0 aliphatic heterocycles. The number of anilines is 3. The monoisotopic (exact) mass is 674 g/mol. The summed E-state index contributed by atoms with van der Waals surface area (Å²) in [6.07, 6.45) is 0. The number of hydrogen-bond donors (Lipinski definition) is 0. The Bertz CT molecular complexity index is 3020. The highest BCUT2D eigenvalue weighted by molar-refractivity contribution is 7.25. The first-order valence-corrected chi connectivity index (χ1v) is 18.1. The van der Waals surface area contributed by atoms with Crippen molar-refractivity contribution in [2.75, 3.05) is 4.90 Å². The summed E-state index contributed by atoms with van der Waals surface area (Å²) in [7, 11) is 0. The van der Waals surface area contributed by atoms with Gasteiger partial charge in [-0.3, -0.25) is 0 Å². The predicted molar refractivity (Wildman–Crippen MR) is 212 cm³/mol. The zero-order valence-electron chi connectivity index (χ0n) is 28.0. The fraction of sp³-hybridized carbons (Fsp3) is 0.0652. The lowest BCUT2D eigenvalue weighted by Gasteiger charge is -2.27. The van der Waals surface area contributed by atoms with Crippen LogP contribution in [0.2, 0.25) is 0 Å². The molecule has 5 heteroatoms. The van der Waals surface area contributed by atoms with E-state index in [1.54, 1.807) is 0 Å². The third-order valence-electron chi connectivity index (χ3n) is 10.7. The molecule has 0 spiro atoms. The van der Waals surface area contributed by atoms with E-state index in [1.165, 1.54) is 42.4 Å². The third-order valence-corrected chi connectivity index (χ3v) is 11.8. The maximum Gasteiger partial charge on any atom is 0.227 e. The molecule has 4 nitrogen and oxygen atoms in total. The van der Waals surface area contributed by atoms with Crippen molar-refractivity contribution in [3.8, 4) is 22.6 Å². The largest absolute Gasteiger partial charge is 0.456 e. The minimum Gasteiger partial charge on any atom is -0.456 e. The van der Waals surface area contributed by atoms with Crippen LogP contribution in [-0.2, 0) is 5.41 Å². The summed E-state index contributed by atoms with van der Waals surface area (Å²) < 4.78 is 15.2. The molecule has 0 N–H and O–H groups in total. The van der Waals surface area contributed by atoms with Gasteiger partial charge in [-0.05, 0) is 95.1 Å². The van der Waals surface area contributed by atoms with Crippen LogP contribution in [0.1, 0.15) is 25.0 Å². The van der Waals surface area contributed by atoms with Crippen LogP contribution in [0.25, 0.3) is 75.8 Å². The standard InChI is InChI=1S/C46H30N2O2S/c1-46(2)37-14-8-6-12-31(37)33-22-28(16-19-38(33)46)48(30-18-21-44-36(24-30)32-13-7-9-15-43(32)51-44)29-17-20-40-34(23-29)35-25-39-42(26-41(35)49-40)50-45(47-39)27-10-4-3-5-11-27/h3-26H,1-2H3. The second-order valence-corrected chi connectivity index (χ2v) is 15.1. The fourth-order valence-electron chi connectivity index (χ4n) is 8.18. The Balaban J connectivity index is 1.12. The summed E-state index contributed by atoms with van der Waals surface area (Å²) in [6, 6.07) is 52.0. The molecule has 1 aliphatic rings. The van der Waals surface area contributed by atoms with Crippen LogP contribution in [0.4, 0.5) is 17.1 Å². The van der Waals surface area contributed by atoms with Crippen LogP contribution in [0.5, 0.6) is 0 Å². The molecule has 11 rings (SSSR count). The second kappa shape index (κ2) is 10.4. The van der Waals surface area contributed by atoms with Crippen LogP contribution >= 0.6 is 11.3 Å². The maximum atomic E-state index is 6.43. The second-order valence-electron chi connectivity index (χ2n) is 14.0. The molecule has 0 saturated heterocycles. The van der Waals surface area contributed by atoms with Gasteiger partial charge in [-0.2, -0.15) is 0 Å². The van der Waals surface area contributed by atoms with Crippen molar-refractivity contribution >= 4 is 81.6 Å². The van der Waals surface area contributed by atoms with Crippen LogP contribution in [0, 0.1) is 0 Å². The van der Waals surface area contributed by atoms with Crippen molar-refractivity contribution in [3.63, 3.8) is 0 Å². The minimum atomic E-state index is -0.0642. The molecule has 0 bridgehead atoms. The predicted octanol–water partition coefficient (Wildman–Crippen LogP) is 13.5. The van der Waals surface area contributed by atoms with Gasteiger partial charge in [-0.15, -0.1) is 11.3 Å². The molecule has 0 fully saturated rings. The highest BCUT2D eigenvalue weighted by Gasteiger charge is 2.35. The summed E-state index contributed by atoms with van der Waals surface area (Å²) in [4.78, 5) is 7.26. The zero-order chi connectivity index (χ0) is 33.8. The summed E-state index contributed by atoms with van der Waals surface area (Å²) in [5.41, 5.74) is 12.6. The first kappa shape index (κ1) is 28.6. The average Bonchev–Trinajstić information content (AvgIpc) is 3.91. The molecule has 3 heterocycles. The molecule has 51 heavy (non-hydrogen) atoms. The lowest BCUT2D eigenvalue weighted by molar-refractivity contribution is 0.617. The van der Waals surface area contributed by atoms with Crippen molar-refractivity contribution in [2.24, 2.45) is 0 Å². The van der Waals surface area contributed by atoms with E-state index in [0.717, 1.165) is 50.1 Å². The Morgan fingerprint density at radius 3 is 2.10 bits per heavy atom. The highest BCUT2D eigenvalue weighted by atomic mass is 32.1. The van der Waals surface area contributed by atoms with E-state index in [1.807, 2.05) is 47.7 Å². The number of oxazole rings is 1. The van der Waals surface area contributed by atoms with Crippen LogP contribution in [-0.4, -0.2) is 4.98 Å². The Morgan fingerprint density at radius 2 is 1.20 bits per heavy atom. The number of nitrogens with zero attached hydrogens (tertiary/aromatic N) is 2. The topological polar surface area (TPSA) is 42.4 Å². The lowest BCUT2D eigenvalue weighted by Crippen LogP contribution is -2.15. The van der Waals surface area contributed by atoms with Gasteiger partial charge in [-0.25, -0.2) is 4.98 Å². The van der Waals surface area contributed by atoms with Gasteiger partial charge in [0.25, 0.3) is 0 Å². The lowest BCUT2D eigenvalue weighted by atomic mass is 9.82. The molecule has 3 aromatic heterocycles. The van der Waals surface area contributed by atoms with E-state index in [-0.39, 0.29) is 5.41 Å². The first-order valence-electron chi connectivity index (χ1n) is 17.3. The molecular formula is C46H30N2O2S. The quantitative estimate of drug-likeness (QED) is 0.186. The maximum absolute atomic E-state index is 6.43. The SMILES string of the molecule is CC1(C)c2ccccc2-c2cc(N(c3ccc4oc5cc6oc(-c7ccccc7)nc6cc5c4c3)c3ccc4sc5ccccc5c4c3)ccc21. The summed E-state index contributed by atoms with van der Waals surface area (Å²) in [6.45, 7) is 4.66. The van der Waals surface area contributed by atoms with Crippen LogP contribution < -0.4 is 4.90 Å². The minimum absolute atomic E-state index is 0.0642. The van der Waals surface area contributed by atoms with Gasteiger partial charge >= 0.3 is 0 Å². The summed E-state index contributed by atoms with van der Waals surface area (Å²) >= 11 is 1.84. The van der Waals surface area contributed by atoms with Gasteiger partial charge in [0.15, 0.2) is 5.58 Å². The van der Waals surface area contributed by atoms with E-state index in [0.29, 0.717) is 11.5 Å². The molecule has 1 aliphatic carbocycles. The Morgan fingerprint density at radius 1 is 0.510 bits per heavy atom. The van der Waals surface area contributed by atoms with Gasteiger partial charge in [0.2, 0.25) is 5.89 Å². The number of benzene rings is 7. The number of hydrogen-bond acceptors (Lipinski definition) is 5. The molecule has 0 unspecified atom stereocenters. The fourth-order valence-corrected chi connectivity index (χ4v) is 9.26. The molecule has 0 radical (unpaired) electrons. The summed E-state index contributed by atoms with van der Waals surface area (Å²) in [5, 5.41) is 4.60. The zero-order valence-corrected chi connectivity index (χ0v) is 28.8. The van der Waals surface area contributed by atoms with Crippen molar-refractivity contribution < 1.29 is 8.83 Å². The van der Waals surface area contributed by atoms with Crippen molar-refractivity contribution in [1.29, 1.82) is 0 Å². The number of rotatable bonds is 4. The molecule has 10 aromatic rings. The smallest absolute Gasteiger partial charge is 0.227 e. The number of aromatic nitrogens is 1. The Hall–Kier alpha value is -6.17. The molecule has 242 valence electrons. The Kier molecular flexibility index (Phi) is 5.85. The first-order chi connectivity index (χ1) is 25.0. The molecule has 7 aromatic carbocycles. The normalized spacial score (nSPS) is 13.5. The van der Waals surface area contributed by atoms with Gasteiger partial charge < -0.3 is 13.7 Å². The number of fused-ring (bicyclic) bond motifs is 10. The van der Waals surface area contributed by atoms with E-state index in [2.05, 4.69) is 128 Å². The van der Waals surface area contributed by atoms with Crippen LogP contribution in [0.15, 0.2) is 154 Å². The van der Waals surface area contributed by atoms with Gasteiger partial charge in [-0.1, -0.05) is 80.6 Å². The highest BCUT2D eigenvalue weighted by Crippen LogP contribution is 2.51. The average molecular weight is 675 g/mol.